The Morgan fingerprint density at radius 1 is 1.07 bits per heavy atom. The molecule has 0 spiro atoms. The van der Waals surface area contributed by atoms with E-state index in [-0.39, 0.29) is 5.97 Å². The molecule has 2 aromatic rings. The van der Waals surface area contributed by atoms with Gasteiger partial charge in [0, 0.05) is 18.8 Å². The summed E-state index contributed by atoms with van der Waals surface area (Å²) < 4.78 is 10.8. The Kier molecular flexibility index (Phi) is 7.65. The van der Waals surface area contributed by atoms with E-state index in [0.717, 1.165) is 31.4 Å². The van der Waals surface area contributed by atoms with Gasteiger partial charge in [-0.15, -0.1) is 0 Å². The number of methoxy groups -OCH3 is 1. The number of hydrogen-bond acceptors (Lipinski definition) is 4. The van der Waals surface area contributed by atoms with Crippen molar-refractivity contribution >= 4 is 11.5 Å². The summed E-state index contributed by atoms with van der Waals surface area (Å²) in [5, 5.41) is 0. The molecule has 1 heterocycles. The molecule has 4 nitrogen and oxygen atoms in total. The zero-order valence-electron chi connectivity index (χ0n) is 16.7. The Bertz CT molecular complexity index is 781. The summed E-state index contributed by atoms with van der Waals surface area (Å²) >= 11 is 0. The van der Waals surface area contributed by atoms with Gasteiger partial charge in [-0.3, -0.25) is 9.78 Å². The minimum atomic E-state index is -0.152. The summed E-state index contributed by atoms with van der Waals surface area (Å²) in [5.74, 6) is 0.736. The third kappa shape index (κ3) is 5.95. The van der Waals surface area contributed by atoms with Crippen molar-refractivity contribution in [3.63, 3.8) is 0 Å². The number of carbonyl (C=O) groups excluding carboxylic acids is 1. The molecule has 0 unspecified atom stereocenters. The van der Waals surface area contributed by atoms with Gasteiger partial charge in [-0.05, 0) is 79.0 Å². The minimum absolute atomic E-state index is 0.152. The smallest absolute Gasteiger partial charge is 0.305 e. The van der Waals surface area contributed by atoms with E-state index in [2.05, 4.69) is 27.9 Å². The van der Waals surface area contributed by atoms with Crippen LogP contribution in [0.4, 0.5) is 0 Å². The molecule has 1 aliphatic rings. The van der Waals surface area contributed by atoms with Gasteiger partial charge in [0.2, 0.25) is 0 Å². The number of esters is 1. The van der Waals surface area contributed by atoms with Crippen LogP contribution in [-0.4, -0.2) is 24.7 Å². The number of carbonyl (C=O) groups is 1. The highest BCUT2D eigenvalue weighted by atomic mass is 16.5. The predicted molar refractivity (Wildman–Crippen MR) is 111 cm³/mol. The maximum atomic E-state index is 11.2. The van der Waals surface area contributed by atoms with Gasteiger partial charge < -0.3 is 9.47 Å². The van der Waals surface area contributed by atoms with E-state index >= 15 is 0 Å². The van der Waals surface area contributed by atoms with E-state index in [4.69, 9.17) is 4.74 Å². The molecule has 148 valence electrons. The Morgan fingerprint density at radius 3 is 2.64 bits per heavy atom. The van der Waals surface area contributed by atoms with E-state index in [1.165, 1.54) is 48.6 Å². The minimum Gasteiger partial charge on any atom is -0.489 e. The van der Waals surface area contributed by atoms with Crippen LogP contribution in [0.1, 0.15) is 56.1 Å². The monoisotopic (exact) mass is 379 g/mol. The molecule has 1 aromatic carbocycles. The number of rotatable bonds is 8. The quantitative estimate of drug-likeness (QED) is 0.578. The van der Waals surface area contributed by atoms with Crippen molar-refractivity contribution in [3.05, 3.63) is 65.5 Å². The normalized spacial score (nSPS) is 14.5. The average molecular weight is 380 g/mol. The predicted octanol–water partition coefficient (Wildman–Crippen LogP) is 5.37. The zero-order valence-corrected chi connectivity index (χ0v) is 16.7. The summed E-state index contributed by atoms with van der Waals surface area (Å²) in [6.07, 6.45) is 11.8. The number of pyridine rings is 1. The molecule has 3 rings (SSSR count). The Hall–Kier alpha value is -2.62. The van der Waals surface area contributed by atoms with Crippen molar-refractivity contribution in [1.29, 1.82) is 0 Å². The fourth-order valence-corrected chi connectivity index (χ4v) is 3.66. The molecule has 0 saturated carbocycles. The van der Waals surface area contributed by atoms with Crippen LogP contribution in [0.5, 0.6) is 5.75 Å². The number of nitrogens with zero attached hydrogens (tertiary/aromatic N) is 1. The molecular formula is C24H29NO3. The number of hydrogen-bond donors (Lipinski definition) is 0. The molecule has 0 atom stereocenters. The van der Waals surface area contributed by atoms with E-state index in [1.807, 2.05) is 30.6 Å². The third-order valence-electron chi connectivity index (χ3n) is 5.25. The number of aromatic nitrogens is 1. The van der Waals surface area contributed by atoms with Crippen molar-refractivity contribution in [2.75, 3.05) is 13.7 Å². The van der Waals surface area contributed by atoms with Crippen LogP contribution in [0.3, 0.4) is 0 Å². The van der Waals surface area contributed by atoms with Crippen LogP contribution in [0.25, 0.3) is 5.57 Å². The first-order chi connectivity index (χ1) is 13.8. The highest BCUT2D eigenvalue weighted by molar-refractivity contribution is 5.69. The van der Waals surface area contributed by atoms with Crippen molar-refractivity contribution in [1.82, 2.24) is 4.98 Å². The molecule has 0 bridgehead atoms. The van der Waals surface area contributed by atoms with Crippen LogP contribution in [-0.2, 0) is 16.0 Å². The fraction of sp³-hybridized carbons (Fsp3) is 0.417. The fourth-order valence-electron chi connectivity index (χ4n) is 3.66. The highest BCUT2D eigenvalue weighted by Gasteiger charge is 2.14. The number of allylic oxidation sites excluding steroid dienone is 1. The summed E-state index contributed by atoms with van der Waals surface area (Å²) in [7, 11) is 1.43. The zero-order chi connectivity index (χ0) is 19.6. The van der Waals surface area contributed by atoms with Gasteiger partial charge in [-0.2, -0.15) is 0 Å². The van der Waals surface area contributed by atoms with Gasteiger partial charge in [0.1, 0.15) is 12.4 Å². The third-order valence-corrected chi connectivity index (χ3v) is 5.25. The molecule has 0 fully saturated rings. The summed E-state index contributed by atoms with van der Waals surface area (Å²) in [6, 6.07) is 12.4. The lowest BCUT2D eigenvalue weighted by Gasteiger charge is -2.14. The lowest BCUT2D eigenvalue weighted by Crippen LogP contribution is -2.04. The van der Waals surface area contributed by atoms with Gasteiger partial charge in [-0.1, -0.05) is 24.6 Å². The van der Waals surface area contributed by atoms with Crippen molar-refractivity contribution < 1.29 is 14.3 Å². The first-order valence-electron chi connectivity index (χ1n) is 10.2. The largest absolute Gasteiger partial charge is 0.489 e. The van der Waals surface area contributed by atoms with E-state index in [1.54, 1.807) is 0 Å². The molecule has 28 heavy (non-hydrogen) atoms. The maximum absolute atomic E-state index is 11.2. The van der Waals surface area contributed by atoms with E-state index in [0.29, 0.717) is 13.0 Å². The molecule has 0 radical (unpaired) electrons. The van der Waals surface area contributed by atoms with Gasteiger partial charge in [0.25, 0.3) is 0 Å². The summed E-state index contributed by atoms with van der Waals surface area (Å²) in [4.78, 5) is 15.5. The van der Waals surface area contributed by atoms with Gasteiger partial charge in [0.15, 0.2) is 0 Å². The van der Waals surface area contributed by atoms with E-state index < -0.39 is 0 Å². The molecule has 0 N–H and O–H groups in total. The first-order valence-corrected chi connectivity index (χ1v) is 10.2. The van der Waals surface area contributed by atoms with Crippen LogP contribution >= 0.6 is 0 Å². The standard InChI is InChI=1S/C24H29NO3/c1-27-24(26)11-5-7-19-12-14-22(15-13-19)28-18-21-8-3-2-4-10-23(21)20-9-6-16-25-17-20/h6,9,12-17H,2-5,7-8,10-11,18H2,1H3. The van der Waals surface area contributed by atoms with E-state index in [9.17, 15) is 4.79 Å². The van der Waals surface area contributed by atoms with Crippen molar-refractivity contribution in [3.8, 4) is 5.75 Å². The van der Waals surface area contributed by atoms with Crippen LogP contribution < -0.4 is 4.74 Å². The SMILES string of the molecule is COC(=O)CCCc1ccc(OCC2=C(c3cccnc3)CCCCC2)cc1. The summed E-state index contributed by atoms with van der Waals surface area (Å²) in [6.45, 7) is 0.631. The average Bonchev–Trinajstić information content (AvgIpc) is 2.99. The second-order valence-corrected chi connectivity index (χ2v) is 7.25. The molecule has 4 heteroatoms. The highest BCUT2D eigenvalue weighted by Crippen LogP contribution is 2.31. The lowest BCUT2D eigenvalue weighted by molar-refractivity contribution is -0.140. The Labute approximate surface area is 167 Å². The van der Waals surface area contributed by atoms with Gasteiger partial charge in [-0.25, -0.2) is 0 Å². The first kappa shape index (κ1) is 20.1. The number of aryl methyl sites for hydroxylation is 1. The number of ether oxygens (including phenoxy) is 2. The molecule has 0 saturated heterocycles. The lowest BCUT2D eigenvalue weighted by atomic mass is 9.97. The molecular weight excluding hydrogens is 350 g/mol. The molecule has 0 aliphatic heterocycles. The van der Waals surface area contributed by atoms with Crippen LogP contribution in [0.15, 0.2) is 54.4 Å². The van der Waals surface area contributed by atoms with Gasteiger partial charge >= 0.3 is 5.97 Å². The second kappa shape index (κ2) is 10.6. The van der Waals surface area contributed by atoms with Crippen LogP contribution in [0, 0.1) is 0 Å². The second-order valence-electron chi connectivity index (χ2n) is 7.25. The Balaban J connectivity index is 1.60. The summed E-state index contributed by atoms with van der Waals surface area (Å²) in [5.41, 5.74) is 5.24. The van der Waals surface area contributed by atoms with Gasteiger partial charge in [0.05, 0.1) is 7.11 Å². The van der Waals surface area contributed by atoms with Crippen molar-refractivity contribution in [2.45, 2.75) is 51.4 Å². The maximum Gasteiger partial charge on any atom is 0.305 e. The molecule has 0 amide bonds. The van der Waals surface area contributed by atoms with Crippen molar-refractivity contribution in [2.24, 2.45) is 0 Å². The topological polar surface area (TPSA) is 48.4 Å². The van der Waals surface area contributed by atoms with Crippen LogP contribution in [0.2, 0.25) is 0 Å². The Morgan fingerprint density at radius 2 is 1.89 bits per heavy atom. The number of benzene rings is 1. The molecule has 1 aliphatic carbocycles. The molecule has 1 aromatic heterocycles.